The van der Waals surface area contributed by atoms with Crippen molar-refractivity contribution in [3.05, 3.63) is 35.9 Å². The Morgan fingerprint density at radius 3 is 2.83 bits per heavy atom. The molecule has 18 heavy (non-hydrogen) atoms. The average molecular weight is 263 g/mol. The van der Waals surface area contributed by atoms with Crippen molar-refractivity contribution >= 4 is 28.6 Å². The second-order valence-corrected chi connectivity index (χ2v) is 5.40. The first-order valence-corrected chi connectivity index (χ1v) is 6.40. The molecule has 0 fully saturated rings. The van der Waals surface area contributed by atoms with Crippen LogP contribution in [0.3, 0.4) is 0 Å². The summed E-state index contributed by atoms with van der Waals surface area (Å²) in [6, 6.07) is 8.58. The second-order valence-electron chi connectivity index (χ2n) is 3.94. The van der Waals surface area contributed by atoms with Gasteiger partial charge in [0.25, 0.3) is 0 Å². The first kappa shape index (κ1) is 12.9. The first-order chi connectivity index (χ1) is 8.61. The molecule has 0 amide bonds. The molecule has 4 nitrogen and oxygen atoms in total. The van der Waals surface area contributed by atoms with E-state index in [9.17, 15) is 4.79 Å². The number of aliphatic hydroxyl groups is 1. The van der Waals surface area contributed by atoms with Gasteiger partial charge in [0.2, 0.25) is 0 Å². The van der Waals surface area contributed by atoms with Gasteiger partial charge in [-0.15, -0.1) is 11.8 Å². The third-order valence-electron chi connectivity index (χ3n) is 2.52. The molecule has 2 rings (SSSR count). The van der Waals surface area contributed by atoms with Gasteiger partial charge >= 0.3 is 5.97 Å². The minimum Gasteiger partial charge on any atom is -0.478 e. The third-order valence-corrected chi connectivity index (χ3v) is 3.54. The topological polar surface area (TPSA) is 70.4 Å². The molecule has 1 heterocycles. The van der Waals surface area contributed by atoms with Gasteiger partial charge in [-0.05, 0) is 24.3 Å². The zero-order chi connectivity index (χ0) is 13.1. The fourth-order valence-corrected chi connectivity index (χ4v) is 2.42. The maximum Gasteiger partial charge on any atom is 0.336 e. The summed E-state index contributed by atoms with van der Waals surface area (Å²) in [5.41, 5.74) is 0.914. The van der Waals surface area contributed by atoms with E-state index in [1.807, 2.05) is 6.92 Å². The minimum atomic E-state index is -0.952. The Morgan fingerprint density at radius 2 is 2.17 bits per heavy atom. The number of aromatic carboxylic acids is 1. The Morgan fingerprint density at radius 1 is 1.39 bits per heavy atom. The number of pyridine rings is 1. The summed E-state index contributed by atoms with van der Waals surface area (Å²) in [5, 5.41) is 19.6. The number of aliphatic hydroxyl groups excluding tert-OH is 1. The van der Waals surface area contributed by atoms with Crippen LogP contribution in [0.15, 0.2) is 35.4 Å². The standard InChI is InChI=1S/C13H13NO3S/c1-8(7-15)18-12-6-5-9-10(13(16)17)3-2-4-11(9)14-12/h2-6,8,15H,7H2,1H3,(H,16,17). The largest absolute Gasteiger partial charge is 0.478 e. The van der Waals surface area contributed by atoms with Crippen LogP contribution in [-0.2, 0) is 0 Å². The molecule has 2 N–H and O–H groups in total. The van der Waals surface area contributed by atoms with Crippen molar-refractivity contribution in [2.24, 2.45) is 0 Å². The zero-order valence-electron chi connectivity index (χ0n) is 9.83. The maximum atomic E-state index is 11.1. The van der Waals surface area contributed by atoms with Gasteiger partial charge in [0.15, 0.2) is 0 Å². The molecule has 0 bridgehead atoms. The summed E-state index contributed by atoms with van der Waals surface area (Å²) < 4.78 is 0. The summed E-state index contributed by atoms with van der Waals surface area (Å²) >= 11 is 1.46. The van der Waals surface area contributed by atoms with Crippen LogP contribution in [0.25, 0.3) is 10.9 Å². The number of carbonyl (C=O) groups is 1. The first-order valence-electron chi connectivity index (χ1n) is 5.52. The van der Waals surface area contributed by atoms with Gasteiger partial charge in [-0.3, -0.25) is 0 Å². The lowest BCUT2D eigenvalue weighted by Crippen LogP contribution is -2.02. The predicted molar refractivity (Wildman–Crippen MR) is 71.1 cm³/mol. The molecule has 5 heteroatoms. The molecule has 94 valence electrons. The van der Waals surface area contributed by atoms with E-state index < -0.39 is 5.97 Å². The van der Waals surface area contributed by atoms with Crippen LogP contribution in [0.4, 0.5) is 0 Å². The van der Waals surface area contributed by atoms with Crippen LogP contribution in [0.1, 0.15) is 17.3 Å². The van der Waals surface area contributed by atoms with E-state index in [2.05, 4.69) is 4.98 Å². The average Bonchev–Trinajstić information content (AvgIpc) is 2.37. The molecule has 1 unspecified atom stereocenters. The minimum absolute atomic E-state index is 0.0672. The molecule has 0 saturated carbocycles. The highest BCUT2D eigenvalue weighted by Gasteiger charge is 2.10. The monoisotopic (exact) mass is 263 g/mol. The van der Waals surface area contributed by atoms with E-state index in [1.54, 1.807) is 30.3 Å². The molecular formula is C13H13NO3S. The van der Waals surface area contributed by atoms with Gasteiger partial charge in [0, 0.05) is 10.6 Å². The van der Waals surface area contributed by atoms with Gasteiger partial charge in [-0.2, -0.15) is 0 Å². The van der Waals surface area contributed by atoms with Gasteiger partial charge in [0.1, 0.15) is 0 Å². The Balaban J connectivity index is 2.44. The number of hydrogen-bond donors (Lipinski definition) is 2. The van der Waals surface area contributed by atoms with Crippen molar-refractivity contribution in [1.29, 1.82) is 0 Å². The summed E-state index contributed by atoms with van der Waals surface area (Å²) in [4.78, 5) is 15.5. The SMILES string of the molecule is CC(CO)Sc1ccc2c(C(=O)O)cccc2n1. The lowest BCUT2D eigenvalue weighted by molar-refractivity contribution is 0.0699. The fraction of sp³-hybridized carbons (Fsp3) is 0.231. The summed E-state index contributed by atoms with van der Waals surface area (Å²) in [6.07, 6.45) is 0. The van der Waals surface area contributed by atoms with Crippen LogP contribution >= 0.6 is 11.8 Å². The van der Waals surface area contributed by atoms with Gasteiger partial charge in [-0.25, -0.2) is 9.78 Å². The number of hydrogen-bond acceptors (Lipinski definition) is 4. The van der Waals surface area contributed by atoms with Crippen LogP contribution in [-0.4, -0.2) is 33.0 Å². The van der Waals surface area contributed by atoms with E-state index in [0.717, 1.165) is 5.03 Å². The molecule has 0 saturated heterocycles. The van der Waals surface area contributed by atoms with Crippen molar-refractivity contribution < 1.29 is 15.0 Å². The summed E-state index contributed by atoms with van der Waals surface area (Å²) in [5.74, 6) is -0.952. The highest BCUT2D eigenvalue weighted by molar-refractivity contribution is 7.99. The lowest BCUT2D eigenvalue weighted by Gasteiger charge is -2.08. The molecule has 2 aromatic rings. The molecular weight excluding hydrogens is 250 g/mol. The van der Waals surface area contributed by atoms with E-state index >= 15 is 0 Å². The van der Waals surface area contributed by atoms with Crippen molar-refractivity contribution in [3.8, 4) is 0 Å². The van der Waals surface area contributed by atoms with Crippen molar-refractivity contribution in [1.82, 2.24) is 4.98 Å². The number of rotatable bonds is 4. The van der Waals surface area contributed by atoms with E-state index in [1.165, 1.54) is 11.8 Å². The fourth-order valence-electron chi connectivity index (χ4n) is 1.63. The molecule has 0 aliphatic carbocycles. The summed E-state index contributed by atoms with van der Waals surface area (Å²) in [7, 11) is 0. The molecule has 1 atom stereocenters. The highest BCUT2D eigenvalue weighted by Crippen LogP contribution is 2.25. The third kappa shape index (κ3) is 2.63. The van der Waals surface area contributed by atoms with Crippen LogP contribution in [0.5, 0.6) is 0 Å². The zero-order valence-corrected chi connectivity index (χ0v) is 10.6. The van der Waals surface area contributed by atoms with Crippen LogP contribution in [0.2, 0.25) is 0 Å². The van der Waals surface area contributed by atoms with Crippen molar-refractivity contribution in [2.75, 3.05) is 6.61 Å². The van der Waals surface area contributed by atoms with E-state index in [4.69, 9.17) is 10.2 Å². The molecule has 1 aromatic heterocycles. The quantitative estimate of drug-likeness (QED) is 0.829. The molecule has 0 radical (unpaired) electrons. The number of fused-ring (bicyclic) bond motifs is 1. The predicted octanol–water partition coefficient (Wildman–Crippen LogP) is 2.41. The Labute approximate surface area is 109 Å². The second kappa shape index (κ2) is 5.37. The van der Waals surface area contributed by atoms with Gasteiger partial charge in [0.05, 0.1) is 22.7 Å². The Hall–Kier alpha value is -1.59. The number of carboxylic acids is 1. The number of carboxylic acid groups (broad SMARTS) is 1. The van der Waals surface area contributed by atoms with E-state index in [-0.39, 0.29) is 17.4 Å². The van der Waals surface area contributed by atoms with Crippen LogP contribution < -0.4 is 0 Å². The van der Waals surface area contributed by atoms with Crippen molar-refractivity contribution in [2.45, 2.75) is 17.2 Å². The van der Waals surface area contributed by atoms with Crippen LogP contribution in [0, 0.1) is 0 Å². The maximum absolute atomic E-state index is 11.1. The molecule has 0 aliphatic heterocycles. The Kier molecular flexibility index (Phi) is 3.84. The highest BCUT2D eigenvalue weighted by atomic mass is 32.2. The molecule has 1 aromatic carbocycles. The number of nitrogens with zero attached hydrogens (tertiary/aromatic N) is 1. The molecule has 0 aliphatic rings. The summed E-state index contributed by atoms with van der Waals surface area (Å²) in [6.45, 7) is 1.99. The Bertz CT molecular complexity index is 585. The number of benzene rings is 1. The number of aromatic nitrogens is 1. The number of thioether (sulfide) groups is 1. The molecule has 0 spiro atoms. The van der Waals surface area contributed by atoms with Gasteiger partial charge in [-0.1, -0.05) is 13.0 Å². The van der Waals surface area contributed by atoms with E-state index in [0.29, 0.717) is 10.9 Å². The smallest absolute Gasteiger partial charge is 0.336 e. The van der Waals surface area contributed by atoms with Crippen molar-refractivity contribution in [3.63, 3.8) is 0 Å². The normalized spacial score (nSPS) is 12.6. The van der Waals surface area contributed by atoms with Gasteiger partial charge < -0.3 is 10.2 Å². The lowest BCUT2D eigenvalue weighted by atomic mass is 10.1.